The molecule has 1 unspecified atom stereocenters. The first-order valence-electron chi connectivity index (χ1n) is 10.6. The van der Waals surface area contributed by atoms with Gasteiger partial charge in [-0.3, -0.25) is 9.78 Å². The predicted molar refractivity (Wildman–Crippen MR) is 117 cm³/mol. The van der Waals surface area contributed by atoms with Crippen molar-refractivity contribution in [1.82, 2.24) is 4.98 Å². The second kappa shape index (κ2) is 10.0. The smallest absolute Gasteiger partial charge is 0.345 e. The minimum absolute atomic E-state index is 0.157. The topological polar surface area (TPSA) is 70.5 Å². The third kappa shape index (κ3) is 5.44. The quantitative estimate of drug-likeness (QED) is 0.381. The Morgan fingerprint density at radius 3 is 2.72 bits per heavy atom. The molecule has 0 aromatic carbocycles. The van der Waals surface area contributed by atoms with Crippen molar-refractivity contribution in [2.45, 2.75) is 77.2 Å². The molecule has 1 fully saturated rings. The molecule has 0 bridgehead atoms. The highest BCUT2D eigenvalue weighted by Gasteiger charge is 2.36. The molecule has 1 amide bonds. The molecule has 0 saturated carbocycles. The molecule has 29 heavy (non-hydrogen) atoms. The van der Waals surface area contributed by atoms with Crippen molar-refractivity contribution in [3.8, 4) is 0 Å². The van der Waals surface area contributed by atoms with Crippen LogP contribution < -0.4 is 4.90 Å². The van der Waals surface area contributed by atoms with E-state index in [-0.39, 0.29) is 11.9 Å². The zero-order valence-electron chi connectivity index (χ0n) is 17.3. The Morgan fingerprint density at radius 1 is 1.28 bits per heavy atom. The minimum Gasteiger partial charge on any atom is -0.477 e. The number of β-lactam (4-membered cyclic amide) rings is 1. The van der Waals surface area contributed by atoms with E-state index in [4.69, 9.17) is 5.11 Å². The van der Waals surface area contributed by atoms with Crippen LogP contribution in [0.3, 0.4) is 0 Å². The van der Waals surface area contributed by atoms with Crippen molar-refractivity contribution in [2.75, 3.05) is 4.90 Å². The van der Waals surface area contributed by atoms with Crippen LogP contribution >= 0.6 is 11.3 Å². The number of aromatic nitrogens is 1. The molecule has 2 aromatic rings. The lowest BCUT2D eigenvalue weighted by atomic mass is 9.94. The van der Waals surface area contributed by atoms with Gasteiger partial charge in [0.25, 0.3) is 0 Å². The van der Waals surface area contributed by atoms with Crippen LogP contribution in [0.15, 0.2) is 30.5 Å². The van der Waals surface area contributed by atoms with Crippen LogP contribution in [-0.4, -0.2) is 28.0 Å². The number of amides is 1. The summed E-state index contributed by atoms with van der Waals surface area (Å²) < 4.78 is 0. The number of unbranched alkanes of at least 4 members (excludes halogenated alkanes) is 2. The molecule has 156 valence electrons. The van der Waals surface area contributed by atoms with E-state index in [2.05, 4.69) is 24.9 Å². The molecule has 3 heterocycles. The SMILES string of the molecule is CCCCCC(C)c1ccc(N2C(=O)C[C@@H]2CCCc2ccc(C(=O)O)s2)cn1. The van der Waals surface area contributed by atoms with E-state index in [1.165, 1.54) is 30.6 Å². The molecule has 1 N–H and O–H groups in total. The van der Waals surface area contributed by atoms with Crippen LogP contribution in [-0.2, 0) is 11.2 Å². The lowest BCUT2D eigenvalue weighted by molar-refractivity contribution is -0.124. The Hall–Kier alpha value is -2.21. The zero-order chi connectivity index (χ0) is 20.8. The highest BCUT2D eigenvalue weighted by atomic mass is 32.1. The van der Waals surface area contributed by atoms with Crippen LogP contribution in [0, 0.1) is 0 Å². The number of pyridine rings is 1. The fraction of sp³-hybridized carbons (Fsp3) is 0.522. The van der Waals surface area contributed by atoms with E-state index in [1.54, 1.807) is 6.07 Å². The number of thiophene rings is 1. The second-order valence-corrected chi connectivity index (χ2v) is 9.09. The summed E-state index contributed by atoms with van der Waals surface area (Å²) in [5, 5.41) is 9.02. The van der Waals surface area contributed by atoms with Crippen LogP contribution in [0.25, 0.3) is 0 Å². The predicted octanol–water partition coefficient (Wildman–Crippen LogP) is 5.65. The summed E-state index contributed by atoms with van der Waals surface area (Å²) in [5.74, 6) is -0.266. The van der Waals surface area contributed by atoms with Gasteiger partial charge in [-0.1, -0.05) is 33.1 Å². The maximum absolute atomic E-state index is 12.2. The first-order chi connectivity index (χ1) is 14.0. The van der Waals surface area contributed by atoms with E-state index < -0.39 is 5.97 Å². The molecule has 1 aliphatic rings. The van der Waals surface area contributed by atoms with Gasteiger partial charge in [-0.05, 0) is 55.9 Å². The summed E-state index contributed by atoms with van der Waals surface area (Å²) in [4.78, 5) is 31.1. The fourth-order valence-corrected chi connectivity index (χ4v) is 4.78. The molecule has 3 rings (SSSR count). The lowest BCUT2D eigenvalue weighted by Gasteiger charge is -2.40. The van der Waals surface area contributed by atoms with Crippen LogP contribution in [0.1, 0.15) is 85.0 Å². The number of carboxylic acids is 1. The second-order valence-electron chi connectivity index (χ2n) is 7.92. The van der Waals surface area contributed by atoms with Crippen LogP contribution in [0.4, 0.5) is 5.69 Å². The molecule has 5 nitrogen and oxygen atoms in total. The van der Waals surface area contributed by atoms with Crippen molar-refractivity contribution in [3.05, 3.63) is 45.9 Å². The Balaban J connectivity index is 1.51. The summed E-state index contributed by atoms with van der Waals surface area (Å²) >= 11 is 1.34. The zero-order valence-corrected chi connectivity index (χ0v) is 18.1. The number of hydrogen-bond acceptors (Lipinski definition) is 4. The summed E-state index contributed by atoms with van der Waals surface area (Å²) in [5.41, 5.74) is 1.99. The average Bonchev–Trinajstić information content (AvgIpc) is 3.17. The number of aromatic carboxylic acids is 1. The maximum atomic E-state index is 12.2. The largest absolute Gasteiger partial charge is 0.477 e. The summed E-state index contributed by atoms with van der Waals surface area (Å²) in [6.07, 6.45) is 10.00. The molecule has 1 saturated heterocycles. The van der Waals surface area contributed by atoms with E-state index in [9.17, 15) is 9.59 Å². The van der Waals surface area contributed by atoms with Gasteiger partial charge in [-0.25, -0.2) is 4.79 Å². The number of rotatable bonds is 11. The van der Waals surface area contributed by atoms with Crippen LogP contribution in [0.5, 0.6) is 0 Å². The Kier molecular flexibility index (Phi) is 7.42. The van der Waals surface area contributed by atoms with Crippen molar-refractivity contribution in [2.24, 2.45) is 0 Å². The summed E-state index contributed by atoms with van der Waals surface area (Å²) in [7, 11) is 0. The van der Waals surface area contributed by atoms with Crippen molar-refractivity contribution >= 4 is 28.9 Å². The number of carboxylic acid groups (broad SMARTS) is 1. The molecule has 2 aromatic heterocycles. The highest BCUT2D eigenvalue weighted by Crippen LogP contribution is 2.32. The van der Waals surface area contributed by atoms with Gasteiger partial charge in [0, 0.05) is 23.0 Å². The normalized spacial score (nSPS) is 17.2. The molecular weight excluding hydrogens is 384 g/mol. The molecule has 1 aliphatic heterocycles. The minimum atomic E-state index is -0.868. The van der Waals surface area contributed by atoms with Crippen molar-refractivity contribution in [3.63, 3.8) is 0 Å². The lowest BCUT2D eigenvalue weighted by Crippen LogP contribution is -2.52. The Bertz CT molecular complexity index is 831. The third-order valence-corrected chi connectivity index (χ3v) is 6.80. The molecule has 2 atom stereocenters. The van der Waals surface area contributed by atoms with Gasteiger partial charge < -0.3 is 10.0 Å². The highest BCUT2D eigenvalue weighted by molar-refractivity contribution is 7.13. The van der Waals surface area contributed by atoms with Crippen molar-refractivity contribution in [1.29, 1.82) is 0 Å². The molecule has 0 radical (unpaired) electrons. The first kappa shape index (κ1) is 21.5. The van der Waals surface area contributed by atoms with E-state index in [1.807, 2.05) is 23.2 Å². The number of hydrogen-bond donors (Lipinski definition) is 1. The van der Waals surface area contributed by atoms with Crippen LogP contribution in [0.2, 0.25) is 0 Å². The summed E-state index contributed by atoms with van der Waals surface area (Å²) in [6.45, 7) is 4.43. The van der Waals surface area contributed by atoms with E-state index in [0.29, 0.717) is 17.2 Å². The van der Waals surface area contributed by atoms with E-state index >= 15 is 0 Å². The van der Waals surface area contributed by atoms with Gasteiger partial charge in [0.2, 0.25) is 5.91 Å². The number of aryl methyl sites for hydroxylation is 1. The molecule has 0 aliphatic carbocycles. The maximum Gasteiger partial charge on any atom is 0.345 e. The first-order valence-corrected chi connectivity index (χ1v) is 11.4. The standard InChI is InChI=1S/C23H30N2O3S/c1-3-4-5-7-16(2)20-12-10-18(15-24-20)25-17(14-22(25)26)8-6-9-19-11-13-21(29-19)23(27)28/h10-13,15-17H,3-9,14H2,1-2H3,(H,27,28)/t16?,17-/m0/s1. The summed E-state index contributed by atoms with van der Waals surface area (Å²) in [6, 6.07) is 7.87. The average molecular weight is 415 g/mol. The number of carbonyl (C=O) groups excluding carboxylic acids is 1. The van der Waals surface area contributed by atoms with Gasteiger partial charge in [0.05, 0.1) is 11.9 Å². The third-order valence-electron chi connectivity index (χ3n) is 5.67. The Morgan fingerprint density at radius 2 is 2.10 bits per heavy atom. The monoisotopic (exact) mass is 414 g/mol. The van der Waals surface area contributed by atoms with Gasteiger partial charge in [0.1, 0.15) is 4.88 Å². The number of nitrogens with zero attached hydrogens (tertiary/aromatic N) is 2. The number of anilines is 1. The van der Waals surface area contributed by atoms with Gasteiger partial charge in [-0.15, -0.1) is 11.3 Å². The molecule has 0 spiro atoms. The number of carbonyl (C=O) groups is 2. The molecular formula is C23H30N2O3S. The Labute approximate surface area is 176 Å². The fourth-order valence-electron chi connectivity index (χ4n) is 3.89. The van der Waals surface area contributed by atoms with Crippen molar-refractivity contribution < 1.29 is 14.7 Å². The van der Waals surface area contributed by atoms with E-state index in [0.717, 1.165) is 41.9 Å². The van der Waals surface area contributed by atoms with Gasteiger partial charge in [-0.2, -0.15) is 0 Å². The molecule has 6 heteroatoms. The van der Waals surface area contributed by atoms with Gasteiger partial charge in [0.15, 0.2) is 0 Å². The van der Waals surface area contributed by atoms with Gasteiger partial charge >= 0.3 is 5.97 Å².